The van der Waals surface area contributed by atoms with E-state index < -0.39 is 11.8 Å². The molecule has 2 amide bonds. The first-order valence-corrected chi connectivity index (χ1v) is 8.19. The minimum atomic E-state index is -0.499. The van der Waals surface area contributed by atoms with Gasteiger partial charge in [-0.15, -0.1) is 0 Å². The minimum Gasteiger partial charge on any atom is -0.341 e. The van der Waals surface area contributed by atoms with Gasteiger partial charge in [0.1, 0.15) is 0 Å². The van der Waals surface area contributed by atoms with E-state index in [2.05, 4.69) is 31.3 Å². The van der Waals surface area contributed by atoms with Gasteiger partial charge in [-0.3, -0.25) is 9.59 Å². The van der Waals surface area contributed by atoms with E-state index in [4.69, 9.17) is 0 Å². The highest BCUT2D eigenvalue weighted by Crippen LogP contribution is 2.17. The van der Waals surface area contributed by atoms with Crippen LogP contribution in [0.2, 0.25) is 0 Å². The Morgan fingerprint density at radius 2 is 2.00 bits per heavy atom. The van der Waals surface area contributed by atoms with Crippen LogP contribution >= 0.6 is 0 Å². The van der Waals surface area contributed by atoms with Crippen molar-refractivity contribution in [3.8, 4) is 0 Å². The molecule has 0 aromatic heterocycles. The molecule has 1 aliphatic rings. The molecule has 0 spiro atoms. The number of aryl methyl sites for hydroxylation is 1. The first-order chi connectivity index (χ1) is 10.5. The van der Waals surface area contributed by atoms with Gasteiger partial charge in [0.05, 0.1) is 6.04 Å². The van der Waals surface area contributed by atoms with E-state index in [1.54, 1.807) is 4.90 Å². The fourth-order valence-electron chi connectivity index (χ4n) is 2.90. The minimum absolute atomic E-state index is 0.162. The standard InChI is InChI=1S/C18H26N2O2/c1-4-15-7-9-16(10-8-15)14(3)19-17(21)18(22)20-11-5-6-13(2)12-20/h7-10,13-14H,4-6,11-12H2,1-3H3,(H,19,21). The Hall–Kier alpha value is -1.84. The smallest absolute Gasteiger partial charge is 0.311 e. The summed E-state index contributed by atoms with van der Waals surface area (Å²) in [4.78, 5) is 26.1. The summed E-state index contributed by atoms with van der Waals surface area (Å²) in [6, 6.07) is 7.98. The topological polar surface area (TPSA) is 49.4 Å². The van der Waals surface area contributed by atoms with Crippen molar-refractivity contribution < 1.29 is 9.59 Å². The van der Waals surface area contributed by atoms with Crippen molar-refractivity contribution in [3.05, 3.63) is 35.4 Å². The van der Waals surface area contributed by atoms with Crippen molar-refractivity contribution >= 4 is 11.8 Å². The van der Waals surface area contributed by atoms with Crippen LogP contribution in [0, 0.1) is 5.92 Å². The van der Waals surface area contributed by atoms with Crippen molar-refractivity contribution in [3.63, 3.8) is 0 Å². The van der Waals surface area contributed by atoms with Crippen molar-refractivity contribution in [1.82, 2.24) is 10.2 Å². The molecule has 0 aliphatic carbocycles. The number of benzene rings is 1. The molecule has 0 radical (unpaired) electrons. The van der Waals surface area contributed by atoms with E-state index in [1.165, 1.54) is 5.56 Å². The molecule has 2 atom stereocenters. The largest absolute Gasteiger partial charge is 0.341 e. The summed E-state index contributed by atoms with van der Waals surface area (Å²) in [5.74, 6) is -0.422. The van der Waals surface area contributed by atoms with Gasteiger partial charge in [0, 0.05) is 13.1 Å². The highest BCUT2D eigenvalue weighted by Gasteiger charge is 2.26. The molecule has 4 nitrogen and oxygen atoms in total. The van der Waals surface area contributed by atoms with Crippen LogP contribution in [0.4, 0.5) is 0 Å². The Morgan fingerprint density at radius 1 is 1.32 bits per heavy atom. The Kier molecular flexibility index (Phi) is 5.58. The zero-order valence-corrected chi connectivity index (χ0v) is 13.8. The van der Waals surface area contributed by atoms with Gasteiger partial charge >= 0.3 is 11.8 Å². The Morgan fingerprint density at radius 3 is 2.59 bits per heavy atom. The maximum Gasteiger partial charge on any atom is 0.311 e. The van der Waals surface area contributed by atoms with Crippen LogP contribution in [0.1, 0.15) is 50.8 Å². The number of likely N-dealkylation sites (tertiary alicyclic amines) is 1. The lowest BCUT2D eigenvalue weighted by molar-refractivity contribution is -0.147. The Balaban J connectivity index is 1.93. The van der Waals surface area contributed by atoms with E-state index in [0.29, 0.717) is 19.0 Å². The lowest BCUT2D eigenvalue weighted by Crippen LogP contribution is -2.47. The third-order valence-corrected chi connectivity index (χ3v) is 4.37. The molecule has 1 N–H and O–H groups in total. The van der Waals surface area contributed by atoms with Gasteiger partial charge in [0.25, 0.3) is 0 Å². The predicted molar refractivity (Wildman–Crippen MR) is 87.4 cm³/mol. The van der Waals surface area contributed by atoms with Gasteiger partial charge < -0.3 is 10.2 Å². The number of carbonyl (C=O) groups excluding carboxylic acids is 2. The van der Waals surface area contributed by atoms with Crippen LogP contribution in [-0.2, 0) is 16.0 Å². The maximum absolute atomic E-state index is 12.2. The normalized spacial score (nSPS) is 19.6. The van der Waals surface area contributed by atoms with Gasteiger partial charge in [-0.2, -0.15) is 0 Å². The number of nitrogens with zero attached hydrogens (tertiary/aromatic N) is 1. The average molecular weight is 302 g/mol. The molecule has 1 aliphatic heterocycles. The molecule has 1 fully saturated rings. The maximum atomic E-state index is 12.2. The second-order valence-electron chi connectivity index (χ2n) is 6.29. The first-order valence-electron chi connectivity index (χ1n) is 8.19. The summed E-state index contributed by atoms with van der Waals surface area (Å²) in [5.41, 5.74) is 2.28. The predicted octanol–water partition coefficient (Wildman–Crippen LogP) is 2.68. The van der Waals surface area contributed by atoms with E-state index in [0.717, 1.165) is 24.8 Å². The molecule has 120 valence electrons. The number of piperidine rings is 1. The lowest BCUT2D eigenvalue weighted by atomic mass is 10.0. The average Bonchev–Trinajstić information content (AvgIpc) is 2.54. The quantitative estimate of drug-likeness (QED) is 0.873. The first kappa shape index (κ1) is 16.5. The molecule has 22 heavy (non-hydrogen) atoms. The molecular weight excluding hydrogens is 276 g/mol. The molecule has 2 rings (SSSR count). The molecule has 0 saturated carbocycles. The van der Waals surface area contributed by atoms with Crippen molar-refractivity contribution in [2.24, 2.45) is 5.92 Å². The number of hydrogen-bond acceptors (Lipinski definition) is 2. The molecule has 1 saturated heterocycles. The van der Waals surface area contributed by atoms with E-state index >= 15 is 0 Å². The van der Waals surface area contributed by atoms with Crippen LogP contribution in [0.15, 0.2) is 24.3 Å². The molecule has 1 aromatic carbocycles. The summed E-state index contributed by atoms with van der Waals surface area (Å²) in [7, 11) is 0. The highest BCUT2D eigenvalue weighted by molar-refractivity contribution is 6.35. The zero-order valence-electron chi connectivity index (χ0n) is 13.8. The van der Waals surface area contributed by atoms with Gasteiger partial charge in [-0.05, 0) is 43.2 Å². The Bertz CT molecular complexity index is 524. The summed E-state index contributed by atoms with van der Waals surface area (Å²) in [5, 5.41) is 2.82. The van der Waals surface area contributed by atoms with E-state index in [1.807, 2.05) is 19.1 Å². The van der Waals surface area contributed by atoms with E-state index in [9.17, 15) is 9.59 Å². The fourth-order valence-corrected chi connectivity index (χ4v) is 2.90. The second kappa shape index (κ2) is 7.43. The van der Waals surface area contributed by atoms with Crippen LogP contribution in [0.25, 0.3) is 0 Å². The number of hydrogen-bond donors (Lipinski definition) is 1. The summed E-state index contributed by atoms with van der Waals surface area (Å²) >= 11 is 0. The summed E-state index contributed by atoms with van der Waals surface area (Å²) in [6.07, 6.45) is 3.10. The number of nitrogens with one attached hydrogen (secondary N) is 1. The molecule has 1 heterocycles. The highest BCUT2D eigenvalue weighted by atomic mass is 16.2. The van der Waals surface area contributed by atoms with Crippen molar-refractivity contribution in [2.45, 2.75) is 46.1 Å². The van der Waals surface area contributed by atoms with Gasteiger partial charge in [0.2, 0.25) is 0 Å². The zero-order chi connectivity index (χ0) is 16.1. The molecular formula is C18H26N2O2. The third-order valence-electron chi connectivity index (χ3n) is 4.37. The van der Waals surface area contributed by atoms with Gasteiger partial charge in [-0.25, -0.2) is 0 Å². The number of amides is 2. The number of rotatable bonds is 3. The van der Waals surface area contributed by atoms with Crippen LogP contribution in [0.3, 0.4) is 0 Å². The van der Waals surface area contributed by atoms with Crippen LogP contribution in [0.5, 0.6) is 0 Å². The molecule has 0 bridgehead atoms. The van der Waals surface area contributed by atoms with Gasteiger partial charge in [0.15, 0.2) is 0 Å². The SMILES string of the molecule is CCc1ccc(C(C)NC(=O)C(=O)N2CCCC(C)C2)cc1. The van der Waals surface area contributed by atoms with E-state index in [-0.39, 0.29) is 6.04 Å². The summed E-state index contributed by atoms with van der Waals surface area (Å²) < 4.78 is 0. The summed E-state index contributed by atoms with van der Waals surface area (Å²) in [6.45, 7) is 7.51. The molecule has 4 heteroatoms. The lowest BCUT2D eigenvalue weighted by Gasteiger charge is -2.30. The second-order valence-corrected chi connectivity index (χ2v) is 6.29. The molecule has 1 aromatic rings. The van der Waals surface area contributed by atoms with Crippen LogP contribution < -0.4 is 5.32 Å². The van der Waals surface area contributed by atoms with Gasteiger partial charge in [-0.1, -0.05) is 38.1 Å². The van der Waals surface area contributed by atoms with Crippen molar-refractivity contribution in [2.75, 3.05) is 13.1 Å². The van der Waals surface area contributed by atoms with Crippen molar-refractivity contribution in [1.29, 1.82) is 0 Å². The Labute approximate surface area is 132 Å². The fraction of sp³-hybridized carbons (Fsp3) is 0.556. The number of carbonyl (C=O) groups is 2. The third kappa shape index (κ3) is 4.09. The monoisotopic (exact) mass is 302 g/mol. The van der Waals surface area contributed by atoms with Crippen LogP contribution in [-0.4, -0.2) is 29.8 Å². The molecule has 2 unspecified atom stereocenters.